The molecule has 0 saturated carbocycles. The van der Waals surface area contributed by atoms with Crippen LogP contribution in [0.3, 0.4) is 0 Å². The van der Waals surface area contributed by atoms with Crippen molar-refractivity contribution in [2.45, 2.75) is 25.4 Å². The van der Waals surface area contributed by atoms with Gasteiger partial charge in [-0.25, -0.2) is 13.6 Å². The number of anilines is 1. The molecule has 1 unspecified atom stereocenters. The SMILES string of the molecule is O=C(NCc1ccccn1)NC1CCc2c(C(=O)Nc3ccc(F)c(Cl)c3)ccc(F)c21. The number of halogens is 3. The van der Waals surface area contributed by atoms with Crippen molar-refractivity contribution in [2.24, 2.45) is 0 Å². The van der Waals surface area contributed by atoms with Gasteiger partial charge in [0.2, 0.25) is 0 Å². The van der Waals surface area contributed by atoms with E-state index in [9.17, 15) is 18.4 Å². The van der Waals surface area contributed by atoms with Gasteiger partial charge >= 0.3 is 6.03 Å². The van der Waals surface area contributed by atoms with Gasteiger partial charge in [-0.2, -0.15) is 0 Å². The zero-order valence-electron chi connectivity index (χ0n) is 16.8. The fourth-order valence-electron chi connectivity index (χ4n) is 3.73. The van der Waals surface area contributed by atoms with Gasteiger partial charge in [-0.3, -0.25) is 9.78 Å². The normalized spacial score (nSPS) is 14.5. The molecule has 3 amide bonds. The van der Waals surface area contributed by atoms with E-state index in [0.717, 1.165) is 6.07 Å². The summed E-state index contributed by atoms with van der Waals surface area (Å²) in [6.07, 6.45) is 2.51. The van der Waals surface area contributed by atoms with Crippen LogP contribution in [0.4, 0.5) is 19.3 Å². The van der Waals surface area contributed by atoms with Crippen molar-refractivity contribution < 1.29 is 18.4 Å². The fraction of sp³-hybridized carbons (Fsp3) is 0.174. The molecule has 0 aliphatic heterocycles. The maximum atomic E-state index is 14.6. The summed E-state index contributed by atoms with van der Waals surface area (Å²) in [5.74, 6) is -1.55. The molecule has 4 rings (SSSR count). The van der Waals surface area contributed by atoms with E-state index in [0.29, 0.717) is 40.9 Å². The van der Waals surface area contributed by atoms with Crippen LogP contribution in [-0.2, 0) is 13.0 Å². The monoisotopic (exact) mass is 456 g/mol. The average Bonchev–Trinajstić information content (AvgIpc) is 3.20. The lowest BCUT2D eigenvalue weighted by Gasteiger charge is -2.16. The number of nitrogens with one attached hydrogen (secondary N) is 3. The van der Waals surface area contributed by atoms with E-state index in [-0.39, 0.29) is 11.6 Å². The highest BCUT2D eigenvalue weighted by Crippen LogP contribution is 2.36. The number of nitrogens with zero attached hydrogens (tertiary/aromatic N) is 1. The molecule has 0 radical (unpaired) electrons. The minimum absolute atomic E-state index is 0.117. The van der Waals surface area contributed by atoms with Gasteiger partial charge in [0.25, 0.3) is 5.91 Å². The molecule has 1 aromatic heterocycles. The Balaban J connectivity index is 1.47. The number of carbonyl (C=O) groups excluding carboxylic acids is 2. The summed E-state index contributed by atoms with van der Waals surface area (Å²) in [5.41, 5.74) is 2.13. The van der Waals surface area contributed by atoms with Gasteiger partial charge in [0.1, 0.15) is 11.6 Å². The Hall–Kier alpha value is -3.52. The molecule has 0 spiro atoms. The number of hydrogen-bond donors (Lipinski definition) is 3. The topological polar surface area (TPSA) is 83.1 Å². The number of amides is 3. The van der Waals surface area contributed by atoms with E-state index in [1.54, 1.807) is 18.3 Å². The first-order valence-corrected chi connectivity index (χ1v) is 10.3. The summed E-state index contributed by atoms with van der Waals surface area (Å²) in [6.45, 7) is 0.234. The quantitative estimate of drug-likeness (QED) is 0.518. The van der Waals surface area contributed by atoms with Gasteiger partial charge in [0.15, 0.2) is 0 Å². The molecule has 2 aromatic carbocycles. The van der Waals surface area contributed by atoms with Crippen LogP contribution in [-0.4, -0.2) is 16.9 Å². The number of carbonyl (C=O) groups is 2. The van der Waals surface area contributed by atoms with Crippen molar-refractivity contribution in [1.82, 2.24) is 15.6 Å². The van der Waals surface area contributed by atoms with Gasteiger partial charge in [0, 0.05) is 23.0 Å². The van der Waals surface area contributed by atoms with Crippen LogP contribution >= 0.6 is 11.6 Å². The third-order valence-electron chi connectivity index (χ3n) is 5.22. The predicted molar refractivity (Wildman–Crippen MR) is 116 cm³/mol. The predicted octanol–water partition coefficient (Wildman–Crippen LogP) is 4.75. The molecule has 1 atom stereocenters. The lowest BCUT2D eigenvalue weighted by molar-refractivity contribution is 0.102. The fourth-order valence-corrected chi connectivity index (χ4v) is 3.91. The van der Waals surface area contributed by atoms with Crippen molar-refractivity contribution >= 4 is 29.2 Å². The highest BCUT2D eigenvalue weighted by molar-refractivity contribution is 6.31. The second kappa shape index (κ2) is 9.32. The molecule has 164 valence electrons. The Morgan fingerprint density at radius 1 is 1.09 bits per heavy atom. The number of benzene rings is 2. The summed E-state index contributed by atoms with van der Waals surface area (Å²) in [6, 6.07) is 10.8. The summed E-state index contributed by atoms with van der Waals surface area (Å²) in [4.78, 5) is 29.2. The maximum Gasteiger partial charge on any atom is 0.315 e. The Morgan fingerprint density at radius 3 is 2.66 bits per heavy atom. The van der Waals surface area contributed by atoms with Crippen molar-refractivity contribution in [3.63, 3.8) is 0 Å². The highest BCUT2D eigenvalue weighted by Gasteiger charge is 2.31. The Labute approximate surface area is 188 Å². The molecule has 0 bridgehead atoms. The summed E-state index contributed by atoms with van der Waals surface area (Å²) in [5, 5.41) is 8.00. The lowest BCUT2D eigenvalue weighted by Crippen LogP contribution is -2.37. The summed E-state index contributed by atoms with van der Waals surface area (Å²) < 4.78 is 28.0. The van der Waals surface area contributed by atoms with Crippen molar-refractivity contribution in [3.8, 4) is 0 Å². The highest BCUT2D eigenvalue weighted by atomic mass is 35.5. The first-order valence-electron chi connectivity index (χ1n) is 9.94. The number of aromatic nitrogens is 1. The third kappa shape index (κ3) is 4.70. The lowest BCUT2D eigenvalue weighted by atomic mass is 10.0. The van der Waals surface area contributed by atoms with E-state index >= 15 is 0 Å². The molecule has 0 fully saturated rings. The second-order valence-electron chi connectivity index (χ2n) is 7.31. The molecule has 6 nitrogen and oxygen atoms in total. The third-order valence-corrected chi connectivity index (χ3v) is 5.51. The number of urea groups is 1. The van der Waals surface area contributed by atoms with E-state index < -0.39 is 29.6 Å². The maximum absolute atomic E-state index is 14.6. The molecule has 32 heavy (non-hydrogen) atoms. The van der Waals surface area contributed by atoms with Gasteiger partial charge in [0.05, 0.1) is 23.3 Å². The smallest absolute Gasteiger partial charge is 0.315 e. The number of pyridine rings is 1. The van der Waals surface area contributed by atoms with Crippen LogP contribution in [0.25, 0.3) is 0 Å². The second-order valence-corrected chi connectivity index (χ2v) is 7.72. The van der Waals surface area contributed by atoms with E-state index in [1.165, 1.54) is 24.3 Å². The number of hydrogen-bond acceptors (Lipinski definition) is 3. The summed E-state index contributed by atoms with van der Waals surface area (Å²) >= 11 is 5.76. The minimum atomic E-state index is -0.595. The van der Waals surface area contributed by atoms with Crippen molar-refractivity contribution in [1.29, 1.82) is 0 Å². The van der Waals surface area contributed by atoms with Crippen LogP contribution in [0.5, 0.6) is 0 Å². The Morgan fingerprint density at radius 2 is 1.91 bits per heavy atom. The zero-order valence-corrected chi connectivity index (χ0v) is 17.5. The first kappa shape index (κ1) is 21.7. The first-order chi connectivity index (χ1) is 15.4. The average molecular weight is 457 g/mol. The van der Waals surface area contributed by atoms with Gasteiger partial charge in [-0.05, 0) is 60.9 Å². The van der Waals surface area contributed by atoms with E-state index in [4.69, 9.17) is 11.6 Å². The standard InChI is InChI=1S/C23H19ClF2N4O2/c24-17-11-13(4-7-18(17)25)29-22(31)16-5-8-19(26)21-15(16)6-9-20(21)30-23(32)28-12-14-3-1-2-10-27-14/h1-5,7-8,10-11,20H,6,9,12H2,(H,29,31)(H2,28,30,32). The van der Waals surface area contributed by atoms with Crippen LogP contribution < -0.4 is 16.0 Å². The molecule has 1 heterocycles. The van der Waals surface area contributed by atoms with Gasteiger partial charge in [-0.1, -0.05) is 17.7 Å². The molecule has 3 N–H and O–H groups in total. The van der Waals surface area contributed by atoms with E-state index in [1.807, 2.05) is 6.07 Å². The molecule has 3 aromatic rings. The van der Waals surface area contributed by atoms with E-state index in [2.05, 4.69) is 20.9 Å². The zero-order chi connectivity index (χ0) is 22.7. The number of rotatable bonds is 5. The van der Waals surface area contributed by atoms with Crippen LogP contribution in [0.1, 0.15) is 39.6 Å². The number of fused-ring (bicyclic) bond motifs is 1. The molecule has 0 saturated heterocycles. The minimum Gasteiger partial charge on any atom is -0.332 e. The van der Waals surface area contributed by atoms with Gasteiger partial charge in [-0.15, -0.1) is 0 Å². The molecular formula is C23H19ClF2N4O2. The summed E-state index contributed by atoms with van der Waals surface area (Å²) in [7, 11) is 0. The molecular weight excluding hydrogens is 438 g/mol. The van der Waals surface area contributed by atoms with Gasteiger partial charge < -0.3 is 16.0 Å². The van der Waals surface area contributed by atoms with Crippen LogP contribution in [0, 0.1) is 11.6 Å². The van der Waals surface area contributed by atoms with Crippen LogP contribution in [0.15, 0.2) is 54.7 Å². The van der Waals surface area contributed by atoms with Crippen molar-refractivity contribution in [3.05, 3.63) is 93.8 Å². The molecule has 1 aliphatic rings. The van der Waals surface area contributed by atoms with Crippen molar-refractivity contribution in [2.75, 3.05) is 5.32 Å². The van der Waals surface area contributed by atoms with Crippen LogP contribution in [0.2, 0.25) is 5.02 Å². The Kier molecular flexibility index (Phi) is 6.32. The Bertz CT molecular complexity index is 1170. The largest absolute Gasteiger partial charge is 0.332 e. The molecule has 1 aliphatic carbocycles. The molecule has 9 heteroatoms.